The van der Waals surface area contributed by atoms with E-state index in [2.05, 4.69) is 23.3 Å². The van der Waals surface area contributed by atoms with Crippen molar-refractivity contribution in [1.29, 1.82) is 0 Å². The SMILES string of the molecule is CCc1cccc2c([C@H](CC(=O)NCCOC)c3ccccc3[N+](=O)[O-])c[nH]c12. The predicted octanol–water partition coefficient (Wildman–Crippen LogP) is 3.92. The second-order valence-electron chi connectivity index (χ2n) is 6.85. The molecule has 0 saturated heterocycles. The van der Waals surface area contributed by atoms with Gasteiger partial charge in [-0.3, -0.25) is 14.9 Å². The van der Waals surface area contributed by atoms with E-state index in [1.165, 1.54) is 11.6 Å². The molecular weight excluding hydrogens is 370 g/mol. The maximum Gasteiger partial charge on any atom is 0.273 e. The lowest BCUT2D eigenvalue weighted by Crippen LogP contribution is -2.28. The number of benzene rings is 2. The predicted molar refractivity (Wildman–Crippen MR) is 112 cm³/mol. The first kappa shape index (κ1) is 20.5. The normalized spacial score (nSPS) is 12.1. The molecule has 29 heavy (non-hydrogen) atoms. The molecule has 7 nitrogen and oxygen atoms in total. The number of carbonyl (C=O) groups excluding carboxylic acids is 1. The molecule has 0 radical (unpaired) electrons. The second kappa shape index (κ2) is 9.34. The van der Waals surface area contributed by atoms with E-state index in [1.807, 2.05) is 18.3 Å². The summed E-state index contributed by atoms with van der Waals surface area (Å²) in [6, 6.07) is 12.6. The average molecular weight is 395 g/mol. The van der Waals surface area contributed by atoms with Gasteiger partial charge in [0.2, 0.25) is 5.91 Å². The molecule has 0 saturated carbocycles. The minimum Gasteiger partial charge on any atom is -0.383 e. The number of para-hydroxylation sites is 2. The van der Waals surface area contributed by atoms with Crippen molar-refractivity contribution in [3.05, 3.63) is 75.5 Å². The Labute approximate surface area is 169 Å². The molecule has 0 unspecified atom stereocenters. The van der Waals surface area contributed by atoms with E-state index in [-0.39, 0.29) is 18.0 Å². The van der Waals surface area contributed by atoms with Crippen LogP contribution >= 0.6 is 0 Å². The molecule has 0 bridgehead atoms. The number of nitro benzene ring substituents is 1. The molecule has 2 N–H and O–H groups in total. The third kappa shape index (κ3) is 4.46. The fourth-order valence-electron chi connectivity index (χ4n) is 3.71. The van der Waals surface area contributed by atoms with Gasteiger partial charge in [0.15, 0.2) is 0 Å². The van der Waals surface area contributed by atoms with Crippen molar-refractivity contribution in [3.63, 3.8) is 0 Å². The molecule has 0 spiro atoms. The highest BCUT2D eigenvalue weighted by Gasteiger charge is 2.27. The van der Waals surface area contributed by atoms with Crippen LogP contribution in [0.2, 0.25) is 0 Å². The van der Waals surface area contributed by atoms with E-state index in [0.29, 0.717) is 18.7 Å². The molecule has 0 fully saturated rings. The highest BCUT2D eigenvalue weighted by atomic mass is 16.6. The Hall–Kier alpha value is -3.19. The Bertz CT molecular complexity index is 1010. The quantitative estimate of drug-likeness (QED) is 0.326. The third-order valence-corrected chi connectivity index (χ3v) is 5.12. The van der Waals surface area contributed by atoms with Crippen LogP contribution in [0.5, 0.6) is 0 Å². The zero-order chi connectivity index (χ0) is 20.8. The molecule has 1 aromatic heterocycles. The highest BCUT2D eigenvalue weighted by molar-refractivity contribution is 5.88. The number of ether oxygens (including phenoxy) is 1. The number of hydrogen-bond donors (Lipinski definition) is 2. The Balaban J connectivity index is 2.07. The van der Waals surface area contributed by atoms with Crippen molar-refractivity contribution < 1.29 is 14.5 Å². The highest BCUT2D eigenvalue weighted by Crippen LogP contribution is 2.38. The van der Waals surface area contributed by atoms with Crippen LogP contribution in [-0.4, -0.2) is 36.1 Å². The van der Waals surface area contributed by atoms with Gasteiger partial charge < -0.3 is 15.0 Å². The monoisotopic (exact) mass is 395 g/mol. The Kier molecular flexibility index (Phi) is 6.61. The third-order valence-electron chi connectivity index (χ3n) is 5.12. The Morgan fingerprint density at radius 1 is 1.21 bits per heavy atom. The van der Waals surface area contributed by atoms with Crippen LogP contribution in [0.25, 0.3) is 10.9 Å². The lowest BCUT2D eigenvalue weighted by atomic mass is 9.86. The summed E-state index contributed by atoms with van der Waals surface area (Å²) < 4.78 is 4.98. The van der Waals surface area contributed by atoms with Crippen LogP contribution in [0.1, 0.15) is 36.0 Å². The fraction of sp³-hybridized carbons (Fsp3) is 0.318. The van der Waals surface area contributed by atoms with Gasteiger partial charge in [-0.25, -0.2) is 0 Å². The van der Waals surface area contributed by atoms with Crippen molar-refractivity contribution in [2.45, 2.75) is 25.7 Å². The Morgan fingerprint density at radius 3 is 2.72 bits per heavy atom. The van der Waals surface area contributed by atoms with Gasteiger partial charge >= 0.3 is 0 Å². The molecule has 2 aromatic carbocycles. The smallest absolute Gasteiger partial charge is 0.273 e. The van der Waals surface area contributed by atoms with Gasteiger partial charge in [-0.1, -0.05) is 43.3 Å². The summed E-state index contributed by atoms with van der Waals surface area (Å²) in [5.41, 5.74) is 3.60. The molecule has 3 rings (SSSR count). The topological polar surface area (TPSA) is 97.3 Å². The number of nitrogens with one attached hydrogen (secondary N) is 2. The number of aromatic amines is 1. The van der Waals surface area contributed by atoms with Crippen molar-refractivity contribution in [3.8, 4) is 0 Å². The number of nitro groups is 1. The minimum atomic E-state index is -0.444. The first-order chi connectivity index (χ1) is 14.1. The fourth-order valence-corrected chi connectivity index (χ4v) is 3.71. The van der Waals surface area contributed by atoms with E-state index >= 15 is 0 Å². The summed E-state index contributed by atoms with van der Waals surface area (Å²) in [7, 11) is 1.57. The van der Waals surface area contributed by atoms with Crippen LogP contribution in [0.3, 0.4) is 0 Å². The van der Waals surface area contributed by atoms with E-state index in [1.54, 1.807) is 25.3 Å². The van der Waals surface area contributed by atoms with Gasteiger partial charge in [-0.15, -0.1) is 0 Å². The summed E-state index contributed by atoms with van der Waals surface area (Å²) in [4.78, 5) is 27.1. The zero-order valence-corrected chi connectivity index (χ0v) is 16.6. The van der Waals surface area contributed by atoms with Gasteiger partial charge in [-0.05, 0) is 17.5 Å². The minimum absolute atomic E-state index is 0.0168. The molecule has 1 heterocycles. The number of amides is 1. The lowest BCUT2D eigenvalue weighted by molar-refractivity contribution is -0.385. The van der Waals surface area contributed by atoms with Crippen molar-refractivity contribution in [1.82, 2.24) is 10.3 Å². The lowest BCUT2D eigenvalue weighted by Gasteiger charge is -2.17. The maximum atomic E-state index is 12.6. The van der Waals surface area contributed by atoms with E-state index in [0.717, 1.165) is 22.9 Å². The summed E-state index contributed by atoms with van der Waals surface area (Å²) in [6.45, 7) is 2.89. The van der Waals surface area contributed by atoms with Gasteiger partial charge in [0.25, 0.3) is 5.69 Å². The molecule has 3 aromatic rings. The van der Waals surface area contributed by atoms with Crippen molar-refractivity contribution in [2.75, 3.05) is 20.3 Å². The zero-order valence-electron chi connectivity index (χ0n) is 16.6. The molecule has 1 amide bonds. The molecule has 0 aliphatic carbocycles. The van der Waals surface area contributed by atoms with Crippen LogP contribution in [0.15, 0.2) is 48.7 Å². The largest absolute Gasteiger partial charge is 0.383 e. The number of aromatic nitrogens is 1. The number of aryl methyl sites for hydroxylation is 1. The number of carbonyl (C=O) groups is 1. The van der Waals surface area contributed by atoms with E-state index < -0.39 is 10.8 Å². The van der Waals surface area contributed by atoms with E-state index in [4.69, 9.17) is 4.74 Å². The summed E-state index contributed by atoms with van der Waals surface area (Å²) in [5, 5.41) is 15.4. The first-order valence-corrected chi connectivity index (χ1v) is 9.64. The van der Waals surface area contributed by atoms with Gasteiger partial charge in [0.05, 0.1) is 11.5 Å². The van der Waals surface area contributed by atoms with Crippen molar-refractivity contribution >= 4 is 22.5 Å². The second-order valence-corrected chi connectivity index (χ2v) is 6.85. The van der Waals surface area contributed by atoms with Gasteiger partial charge in [0.1, 0.15) is 0 Å². The van der Waals surface area contributed by atoms with Crippen LogP contribution in [-0.2, 0) is 16.0 Å². The van der Waals surface area contributed by atoms with Crippen LogP contribution < -0.4 is 5.32 Å². The standard InChI is InChI=1S/C22H25N3O4/c1-3-15-7-6-9-17-19(14-24-22(15)17)18(13-21(26)23-11-12-29-2)16-8-4-5-10-20(16)25(27)28/h4-10,14,18,24H,3,11-13H2,1-2H3,(H,23,26)/t18-/m1/s1. The number of methoxy groups -OCH3 is 1. The summed E-state index contributed by atoms with van der Waals surface area (Å²) >= 11 is 0. The molecule has 1 atom stereocenters. The average Bonchev–Trinajstić information content (AvgIpc) is 3.16. The molecule has 0 aliphatic heterocycles. The van der Waals surface area contributed by atoms with E-state index in [9.17, 15) is 14.9 Å². The van der Waals surface area contributed by atoms with Crippen LogP contribution in [0.4, 0.5) is 5.69 Å². The molecule has 7 heteroatoms. The number of hydrogen-bond acceptors (Lipinski definition) is 4. The molecule has 152 valence electrons. The number of H-pyrrole nitrogens is 1. The van der Waals surface area contributed by atoms with Gasteiger partial charge in [-0.2, -0.15) is 0 Å². The maximum absolute atomic E-state index is 12.6. The summed E-state index contributed by atoms with van der Waals surface area (Å²) in [6.07, 6.45) is 2.84. The summed E-state index contributed by atoms with van der Waals surface area (Å²) in [5.74, 6) is -0.619. The Morgan fingerprint density at radius 2 is 2.00 bits per heavy atom. The molecule has 0 aliphatic rings. The van der Waals surface area contributed by atoms with Crippen molar-refractivity contribution in [2.24, 2.45) is 0 Å². The number of fused-ring (bicyclic) bond motifs is 1. The number of rotatable bonds is 9. The number of nitrogens with zero attached hydrogens (tertiary/aromatic N) is 1. The molecular formula is C22H25N3O4. The van der Waals surface area contributed by atoms with Crippen LogP contribution in [0, 0.1) is 10.1 Å². The first-order valence-electron chi connectivity index (χ1n) is 9.64. The van der Waals surface area contributed by atoms with Gasteiger partial charge in [0, 0.05) is 54.7 Å².